The molecule has 0 atom stereocenters. The molecule has 102 valence electrons. The van der Waals surface area contributed by atoms with E-state index in [-0.39, 0.29) is 18.1 Å². The molecule has 0 fully saturated rings. The van der Waals surface area contributed by atoms with Crippen molar-refractivity contribution in [2.75, 3.05) is 5.32 Å². The monoisotopic (exact) mass is 271 g/mol. The minimum absolute atomic E-state index is 0.0161. The molecule has 6 nitrogen and oxygen atoms in total. The number of aromatic nitrogens is 1. The number of nitriles is 1. The van der Waals surface area contributed by atoms with E-state index in [9.17, 15) is 4.79 Å². The first kappa shape index (κ1) is 13.6. The van der Waals surface area contributed by atoms with E-state index < -0.39 is 6.09 Å². The number of benzene rings is 1. The Hall–Kier alpha value is -2.81. The zero-order valence-electron chi connectivity index (χ0n) is 10.9. The molecule has 20 heavy (non-hydrogen) atoms. The molecule has 0 aliphatic heterocycles. The molecule has 0 aliphatic rings. The summed E-state index contributed by atoms with van der Waals surface area (Å²) in [5, 5.41) is 15.1. The van der Waals surface area contributed by atoms with Crippen LogP contribution in [0.1, 0.15) is 23.7 Å². The quantitative estimate of drug-likeness (QED) is 0.923. The fourth-order valence-corrected chi connectivity index (χ4v) is 1.62. The molecule has 2 rings (SSSR count). The second kappa shape index (κ2) is 6.38. The van der Waals surface area contributed by atoms with Gasteiger partial charge in [0.1, 0.15) is 23.9 Å². The van der Waals surface area contributed by atoms with Gasteiger partial charge in [-0.25, -0.2) is 4.79 Å². The van der Waals surface area contributed by atoms with Crippen LogP contribution in [0.3, 0.4) is 0 Å². The Morgan fingerprint density at radius 2 is 2.20 bits per heavy atom. The molecule has 1 N–H and O–H groups in total. The molecule has 0 unspecified atom stereocenters. The zero-order valence-corrected chi connectivity index (χ0v) is 10.9. The summed E-state index contributed by atoms with van der Waals surface area (Å²) in [6.45, 7) is 1.99. The van der Waals surface area contributed by atoms with Crippen molar-refractivity contribution >= 4 is 12.0 Å². The summed E-state index contributed by atoms with van der Waals surface area (Å²) in [6, 6.07) is 11.2. The van der Waals surface area contributed by atoms with Crippen LogP contribution in [-0.2, 0) is 17.8 Å². The first-order valence-electron chi connectivity index (χ1n) is 6.11. The van der Waals surface area contributed by atoms with Crippen LogP contribution in [0.2, 0.25) is 0 Å². The van der Waals surface area contributed by atoms with Crippen molar-refractivity contribution in [2.24, 2.45) is 0 Å². The molecule has 1 aromatic carbocycles. The number of anilines is 1. The fraction of sp³-hybridized carbons (Fsp3) is 0.214. The minimum atomic E-state index is -0.691. The maximum absolute atomic E-state index is 11.6. The highest BCUT2D eigenvalue weighted by molar-refractivity contribution is 5.84. The average Bonchev–Trinajstić information content (AvgIpc) is 2.88. The van der Waals surface area contributed by atoms with Crippen LogP contribution < -0.4 is 5.32 Å². The number of aryl methyl sites for hydroxylation is 1. The Balaban J connectivity index is 1.95. The third-order valence-electron chi connectivity index (χ3n) is 2.64. The molecule has 0 spiro atoms. The Bertz CT molecular complexity index is 629. The molecule has 0 aliphatic carbocycles. The van der Waals surface area contributed by atoms with Gasteiger partial charge in [0.25, 0.3) is 5.88 Å². The molecule has 0 saturated carbocycles. The van der Waals surface area contributed by atoms with Gasteiger partial charge in [0.05, 0.1) is 0 Å². The number of amides is 1. The topological polar surface area (TPSA) is 88.2 Å². The molecular formula is C14H13N3O3. The van der Waals surface area contributed by atoms with Gasteiger partial charge in [-0.3, -0.25) is 5.32 Å². The third kappa shape index (κ3) is 3.14. The number of nitrogens with one attached hydrogen (secondary N) is 1. The van der Waals surface area contributed by atoms with E-state index in [0.717, 1.165) is 5.56 Å². The molecule has 1 aromatic heterocycles. The van der Waals surface area contributed by atoms with Crippen LogP contribution in [0, 0.1) is 11.3 Å². The zero-order chi connectivity index (χ0) is 14.4. The highest BCUT2D eigenvalue weighted by Crippen LogP contribution is 2.19. The van der Waals surface area contributed by atoms with E-state index in [4.69, 9.17) is 14.5 Å². The standard InChI is InChI=1S/C14H13N3O3/c1-2-12-11(8-15)13(20-17-12)16-14(18)19-9-10-6-4-3-5-7-10/h3-7H,2,9H2,1H3,(H,16,18). The summed E-state index contributed by atoms with van der Waals surface area (Å²) >= 11 is 0. The normalized spacial score (nSPS) is 9.80. The van der Waals surface area contributed by atoms with Crippen LogP contribution in [-0.4, -0.2) is 11.2 Å². The molecule has 1 amide bonds. The van der Waals surface area contributed by atoms with Crippen molar-refractivity contribution in [3.05, 3.63) is 47.2 Å². The summed E-state index contributed by atoms with van der Waals surface area (Å²) in [4.78, 5) is 11.6. The second-order valence-electron chi connectivity index (χ2n) is 3.99. The van der Waals surface area contributed by atoms with Crippen LogP contribution in [0.5, 0.6) is 0 Å². The van der Waals surface area contributed by atoms with Gasteiger partial charge in [-0.1, -0.05) is 42.4 Å². The van der Waals surface area contributed by atoms with E-state index >= 15 is 0 Å². The van der Waals surface area contributed by atoms with Gasteiger partial charge in [0, 0.05) is 0 Å². The number of nitrogens with zero attached hydrogens (tertiary/aromatic N) is 2. The molecular weight excluding hydrogens is 258 g/mol. The van der Waals surface area contributed by atoms with Gasteiger partial charge < -0.3 is 9.26 Å². The van der Waals surface area contributed by atoms with Gasteiger partial charge in [0.2, 0.25) is 0 Å². The van der Waals surface area contributed by atoms with Gasteiger partial charge >= 0.3 is 6.09 Å². The summed E-state index contributed by atoms with van der Waals surface area (Å²) in [6.07, 6.45) is -0.142. The lowest BCUT2D eigenvalue weighted by Gasteiger charge is -2.04. The lowest BCUT2D eigenvalue weighted by atomic mass is 10.2. The predicted molar refractivity (Wildman–Crippen MR) is 70.8 cm³/mol. The minimum Gasteiger partial charge on any atom is -0.444 e. The highest BCUT2D eigenvalue weighted by Gasteiger charge is 2.17. The van der Waals surface area contributed by atoms with Crippen molar-refractivity contribution in [3.8, 4) is 6.07 Å². The molecule has 0 saturated heterocycles. The van der Waals surface area contributed by atoms with Gasteiger partial charge in [-0.15, -0.1) is 0 Å². The van der Waals surface area contributed by atoms with Gasteiger partial charge in [-0.2, -0.15) is 5.26 Å². The molecule has 0 bridgehead atoms. The van der Waals surface area contributed by atoms with Crippen molar-refractivity contribution in [1.29, 1.82) is 5.26 Å². The van der Waals surface area contributed by atoms with Crippen LogP contribution >= 0.6 is 0 Å². The maximum Gasteiger partial charge on any atom is 0.414 e. The molecule has 1 heterocycles. The number of hydrogen-bond acceptors (Lipinski definition) is 5. The Kier molecular flexibility index (Phi) is 4.35. The van der Waals surface area contributed by atoms with Crippen LogP contribution in [0.15, 0.2) is 34.9 Å². The smallest absolute Gasteiger partial charge is 0.414 e. The SMILES string of the molecule is CCc1noc(NC(=O)OCc2ccccc2)c1C#N. The van der Waals surface area contributed by atoms with Crippen molar-refractivity contribution < 1.29 is 14.1 Å². The van der Waals surface area contributed by atoms with Crippen molar-refractivity contribution in [3.63, 3.8) is 0 Å². The third-order valence-corrected chi connectivity index (χ3v) is 2.64. The molecule has 0 radical (unpaired) electrons. The largest absolute Gasteiger partial charge is 0.444 e. The first-order valence-corrected chi connectivity index (χ1v) is 6.11. The van der Waals surface area contributed by atoms with Crippen LogP contribution in [0.25, 0.3) is 0 Å². The van der Waals surface area contributed by atoms with E-state index in [0.29, 0.717) is 12.1 Å². The molecule has 6 heteroatoms. The van der Waals surface area contributed by atoms with Crippen molar-refractivity contribution in [1.82, 2.24) is 5.16 Å². The van der Waals surface area contributed by atoms with E-state index in [2.05, 4.69) is 10.5 Å². The van der Waals surface area contributed by atoms with E-state index in [1.54, 1.807) is 0 Å². The first-order chi connectivity index (χ1) is 9.74. The Labute approximate surface area is 115 Å². The average molecular weight is 271 g/mol. The fourth-order valence-electron chi connectivity index (χ4n) is 1.62. The molecule has 2 aromatic rings. The summed E-state index contributed by atoms with van der Waals surface area (Å²) < 4.78 is 9.94. The summed E-state index contributed by atoms with van der Waals surface area (Å²) in [5.74, 6) is 0.0161. The van der Waals surface area contributed by atoms with Gasteiger partial charge in [0.15, 0.2) is 0 Å². The highest BCUT2D eigenvalue weighted by atomic mass is 16.6. The number of carbonyl (C=O) groups is 1. The summed E-state index contributed by atoms with van der Waals surface area (Å²) in [7, 11) is 0. The number of carbonyl (C=O) groups excluding carboxylic acids is 1. The van der Waals surface area contributed by atoms with E-state index in [1.807, 2.05) is 43.3 Å². The van der Waals surface area contributed by atoms with Crippen LogP contribution in [0.4, 0.5) is 10.7 Å². The Morgan fingerprint density at radius 1 is 1.45 bits per heavy atom. The predicted octanol–water partition coefficient (Wildman–Crippen LogP) is 2.86. The Morgan fingerprint density at radius 3 is 2.85 bits per heavy atom. The number of hydrogen-bond donors (Lipinski definition) is 1. The number of rotatable bonds is 4. The number of ether oxygens (including phenoxy) is 1. The van der Waals surface area contributed by atoms with Crippen molar-refractivity contribution in [2.45, 2.75) is 20.0 Å². The van der Waals surface area contributed by atoms with E-state index in [1.165, 1.54) is 0 Å². The lowest BCUT2D eigenvalue weighted by molar-refractivity contribution is 0.154. The second-order valence-corrected chi connectivity index (χ2v) is 3.99. The summed E-state index contributed by atoms with van der Waals surface area (Å²) in [5.41, 5.74) is 1.60. The maximum atomic E-state index is 11.6. The lowest BCUT2D eigenvalue weighted by Crippen LogP contribution is -2.13. The van der Waals surface area contributed by atoms with Gasteiger partial charge in [-0.05, 0) is 12.0 Å².